The molecule has 2 aliphatic heterocycles. The van der Waals surface area contributed by atoms with Crippen LogP contribution in [-0.4, -0.2) is 163 Å². The van der Waals surface area contributed by atoms with E-state index in [1.54, 1.807) is 10.8 Å². The molecule has 2 aromatic carbocycles. The Balaban J connectivity index is 0.000000390. The van der Waals surface area contributed by atoms with Gasteiger partial charge in [-0.3, -0.25) is 0 Å². The summed E-state index contributed by atoms with van der Waals surface area (Å²) in [4.78, 5) is 1.44. The molecule has 2 aliphatic rings. The molecule has 6 aromatic rings. The highest BCUT2D eigenvalue weighted by Crippen LogP contribution is 2.52. The maximum Gasteiger partial charge on any atom is 0.394 e. The molecular weight excluding hydrogens is 1710 g/mol. The van der Waals surface area contributed by atoms with Gasteiger partial charge in [-0.15, -0.1) is 31.9 Å². The number of alkyl halides is 22. The van der Waals surface area contributed by atoms with Crippen molar-refractivity contribution in [3.8, 4) is 33.4 Å². The number of fused-ring (bicyclic) bond motifs is 4. The molecule has 0 spiro atoms. The Kier molecular flexibility index (Phi) is 36.6. The van der Waals surface area contributed by atoms with Crippen LogP contribution in [0.3, 0.4) is 0 Å². The minimum atomic E-state index is -5.32. The van der Waals surface area contributed by atoms with Crippen molar-refractivity contribution in [2.24, 2.45) is 10.8 Å². The Morgan fingerprint density at radius 1 is 0.430 bits per heavy atom. The van der Waals surface area contributed by atoms with Crippen molar-refractivity contribution < 1.29 is 134 Å². The molecule has 0 N–H and O–H groups in total. The minimum Gasteiger partial charge on any atom is -0.488 e. The third-order valence-corrected chi connectivity index (χ3v) is 20.0. The second-order valence-corrected chi connectivity index (χ2v) is 30.5. The highest BCUT2D eigenvalue weighted by molar-refractivity contribution is 9.11. The maximum atomic E-state index is 14.2. The third kappa shape index (κ3) is 32.4. The second kappa shape index (κ2) is 40.9. The van der Waals surface area contributed by atoms with Crippen LogP contribution in [0.5, 0.6) is 23.0 Å². The molecule has 0 bridgehead atoms. The highest BCUT2D eigenvalue weighted by atomic mass is 79.9. The SMILES string of the molecule is Brc1ccc(Br)c2nsnc12.C.CCC(F)(F)CC(F)(F)CCCOCC1(COCCCC(F)(F)CC(F)(F)CC(F)(F)F)COc2c(C)sc(-c3ccc(C)c4nsnc34)c2OC1.CCC(F)(F)CC(F)(F)CCCOCC1(COCCCC(F)(F)CC(F)(F)CC(F)(F)F)COc2cscc2OC1.CP. The van der Waals surface area contributed by atoms with E-state index >= 15 is 0 Å². The number of hydrogen-bond donors (Lipinski definition) is 0. The third-order valence-electron chi connectivity index (χ3n) is 15.9. The zero-order valence-electron chi connectivity index (χ0n) is 57.6. The van der Waals surface area contributed by atoms with Crippen molar-refractivity contribution >= 4 is 109 Å². The number of hydrogen-bond acceptors (Lipinski definition) is 16. The predicted molar refractivity (Wildman–Crippen MR) is 377 cm³/mol. The summed E-state index contributed by atoms with van der Waals surface area (Å²) in [6, 6.07) is 7.67. The van der Waals surface area contributed by atoms with Crippen LogP contribution in [0.4, 0.5) is 96.6 Å². The molecule has 0 radical (unpaired) electrons. The molecule has 41 heteroatoms. The van der Waals surface area contributed by atoms with E-state index in [0.29, 0.717) is 38.9 Å². The van der Waals surface area contributed by atoms with Crippen LogP contribution in [0.15, 0.2) is 44.0 Å². The van der Waals surface area contributed by atoms with E-state index in [2.05, 4.69) is 58.6 Å². The molecule has 107 heavy (non-hydrogen) atoms. The van der Waals surface area contributed by atoms with Gasteiger partial charge in [0.1, 0.15) is 61.3 Å². The first-order chi connectivity index (χ1) is 49.1. The number of nitrogens with zero attached hydrogens (tertiary/aromatic N) is 4. The fourth-order valence-electron chi connectivity index (χ4n) is 10.6. The highest BCUT2D eigenvalue weighted by Gasteiger charge is 2.52. The van der Waals surface area contributed by atoms with Crippen molar-refractivity contribution in [1.29, 1.82) is 0 Å². The topological polar surface area (TPSA) is 125 Å². The van der Waals surface area contributed by atoms with Gasteiger partial charge in [-0.1, -0.05) is 40.1 Å². The normalized spacial score (nSPS) is 16.1. The van der Waals surface area contributed by atoms with Gasteiger partial charge in [0.25, 0.3) is 47.4 Å². The van der Waals surface area contributed by atoms with Crippen LogP contribution >= 0.6 is 87.2 Å². The van der Waals surface area contributed by atoms with Crippen LogP contribution in [-0.2, 0) is 18.9 Å². The Labute approximate surface area is 639 Å². The maximum absolute atomic E-state index is 14.2. The summed E-state index contributed by atoms with van der Waals surface area (Å²) in [6.45, 7) is 5.46. The Morgan fingerprint density at radius 2 is 0.757 bits per heavy atom. The molecule has 0 aliphatic carbocycles. The summed E-state index contributed by atoms with van der Waals surface area (Å²) in [6.07, 6.45) is -30.5. The van der Waals surface area contributed by atoms with E-state index in [-0.39, 0.29) is 92.9 Å². The molecule has 0 fully saturated rings. The first kappa shape index (κ1) is 95.7. The number of halogens is 24. The summed E-state index contributed by atoms with van der Waals surface area (Å²) >= 11 is 11.8. The zero-order valence-corrected chi connectivity index (χ0v) is 65.2. The lowest BCUT2D eigenvalue weighted by atomic mass is 9.92. The summed E-state index contributed by atoms with van der Waals surface area (Å²) < 4.78 is 359. The molecule has 0 amide bonds. The van der Waals surface area contributed by atoms with Crippen LogP contribution in [0, 0.1) is 24.7 Å². The number of aromatic nitrogens is 4. The van der Waals surface area contributed by atoms with Gasteiger partial charge in [-0.2, -0.15) is 43.8 Å². The number of ether oxygens (including phenoxy) is 8. The van der Waals surface area contributed by atoms with Gasteiger partial charge in [-0.05, 0) is 89.1 Å². The van der Waals surface area contributed by atoms with E-state index in [1.165, 1.54) is 34.4 Å². The number of aryl methyl sites for hydroxylation is 2. The van der Waals surface area contributed by atoms with Gasteiger partial charge in [0.2, 0.25) is 0 Å². The standard InChI is InChI=1S/C33H39F11N2O4S2.C25H33F11O4S.C6H2Br2N2S.CH5P.CH4/c1-4-29(34,35)13-30(36,37)9-5-11-47-16-28(17-48-12-6-10-31(38,39)14-32(40,41)15-33(42,43)44)18-49-25-21(3)51-27(26(25)50-19-28)22-8-7-20(2)23-24(22)46-52-45-23;1-2-21(26,27)11-22(28,29)5-3-7-37-14-20(16-39-18-9-41-10-19(18)40-17-20)15-38-8-4-6-23(30,31)12-24(32,33)13-25(34,35)36;7-3-1-2-4(8)6-5(3)9-11-10-6;1-2;/h7-8H,4-6,9-19H2,1-3H3;9-10H,2-8,11-17H2,1H3;1-2H;2H2,1H3;1H4. The summed E-state index contributed by atoms with van der Waals surface area (Å²) in [5, 5.41) is 3.33. The monoisotopic (exact) mass is 1790 g/mol. The van der Waals surface area contributed by atoms with Crippen LogP contribution in [0.1, 0.15) is 134 Å². The van der Waals surface area contributed by atoms with E-state index in [0.717, 1.165) is 61.6 Å². The lowest BCUT2D eigenvalue weighted by Gasteiger charge is -2.31. The average molecular weight is 1800 g/mol. The van der Waals surface area contributed by atoms with Crippen LogP contribution < -0.4 is 18.9 Å². The largest absolute Gasteiger partial charge is 0.488 e. The van der Waals surface area contributed by atoms with Crippen molar-refractivity contribution in [2.45, 2.75) is 198 Å². The molecule has 2 atom stereocenters. The smallest absolute Gasteiger partial charge is 0.394 e. The predicted octanol–water partition coefficient (Wildman–Crippen LogP) is 24.2. The fourth-order valence-corrected chi connectivity index (χ4v) is 14.6. The molecule has 2 unspecified atom stereocenters. The first-order valence-corrected chi connectivity index (χ1v) is 38.6. The molecular formula is C66H83Br2F22N4O8PS4. The average Bonchev–Trinajstić information content (AvgIpc) is 1.61. The Bertz CT molecular complexity index is 3590. The number of thiophene rings is 2. The van der Waals surface area contributed by atoms with Gasteiger partial charge in [-0.25, -0.2) is 70.2 Å². The molecule has 4 aromatic heterocycles. The molecule has 612 valence electrons. The quantitative estimate of drug-likeness (QED) is 0.0209. The lowest BCUT2D eigenvalue weighted by molar-refractivity contribution is -0.208. The van der Waals surface area contributed by atoms with Crippen molar-refractivity contribution in [2.75, 3.05) is 85.9 Å². The summed E-state index contributed by atoms with van der Waals surface area (Å²) in [5.41, 5.74) is 2.66. The van der Waals surface area contributed by atoms with Crippen LogP contribution in [0.25, 0.3) is 32.5 Å². The molecule has 8 rings (SSSR count). The summed E-state index contributed by atoms with van der Waals surface area (Å²) in [5.74, 6) is -30.0. The Hall–Kier alpha value is -3.63. The van der Waals surface area contributed by atoms with E-state index in [9.17, 15) is 96.6 Å². The van der Waals surface area contributed by atoms with Crippen LogP contribution in [0.2, 0.25) is 0 Å². The second-order valence-electron chi connectivity index (χ2n) is 25.8. The number of benzene rings is 2. The van der Waals surface area contributed by atoms with Crippen molar-refractivity contribution in [1.82, 2.24) is 17.5 Å². The fraction of sp³-hybridized carbons (Fsp3) is 0.697. The molecule has 12 nitrogen and oxygen atoms in total. The van der Waals surface area contributed by atoms with Gasteiger partial charge < -0.3 is 37.9 Å². The first-order valence-electron chi connectivity index (χ1n) is 32.7. The molecule has 6 heterocycles. The zero-order chi connectivity index (χ0) is 79.4. The van der Waals surface area contributed by atoms with Gasteiger partial charge in [0.15, 0.2) is 23.0 Å². The van der Waals surface area contributed by atoms with Gasteiger partial charge in [0, 0.05) is 95.1 Å². The number of rotatable bonds is 37. The molecule has 0 saturated carbocycles. The van der Waals surface area contributed by atoms with E-state index in [4.69, 9.17) is 37.9 Å². The van der Waals surface area contributed by atoms with Gasteiger partial charge in [0.05, 0.1) is 91.3 Å². The lowest BCUT2D eigenvalue weighted by Crippen LogP contribution is -2.43. The summed E-state index contributed by atoms with van der Waals surface area (Å²) in [7, 11) is 2.42. The minimum absolute atomic E-state index is 0. The van der Waals surface area contributed by atoms with E-state index in [1.807, 2.05) is 44.8 Å². The van der Waals surface area contributed by atoms with Crippen molar-refractivity contribution in [3.63, 3.8) is 0 Å². The molecule has 0 saturated heterocycles. The van der Waals surface area contributed by atoms with E-state index < -0.39 is 167 Å². The van der Waals surface area contributed by atoms with Crippen molar-refractivity contribution in [3.05, 3.63) is 54.4 Å². The van der Waals surface area contributed by atoms with Gasteiger partial charge >= 0.3 is 12.4 Å². The Morgan fingerprint density at radius 3 is 1.11 bits per heavy atom.